The number of carbonyl (C=O) groups excluding carboxylic acids is 2. The molecular formula is C15H28ClN3O2. The Morgan fingerprint density at radius 2 is 1.95 bits per heavy atom. The second kappa shape index (κ2) is 7.99. The van der Waals surface area contributed by atoms with Gasteiger partial charge in [-0.2, -0.15) is 0 Å². The number of hydrogen-bond acceptors (Lipinski definition) is 3. The summed E-state index contributed by atoms with van der Waals surface area (Å²) in [6.07, 6.45) is 4.66. The molecule has 2 aliphatic carbocycles. The lowest BCUT2D eigenvalue weighted by Crippen LogP contribution is -2.46. The molecule has 21 heavy (non-hydrogen) atoms. The summed E-state index contributed by atoms with van der Waals surface area (Å²) in [4.78, 5) is 23.8. The van der Waals surface area contributed by atoms with Crippen LogP contribution in [0.4, 0.5) is 0 Å². The Balaban J connectivity index is 0.00000220. The summed E-state index contributed by atoms with van der Waals surface area (Å²) in [5.41, 5.74) is 6.14. The Kier molecular flexibility index (Phi) is 6.94. The maximum atomic E-state index is 12.2. The molecule has 0 saturated heterocycles. The van der Waals surface area contributed by atoms with Crippen LogP contribution in [0.3, 0.4) is 0 Å². The van der Waals surface area contributed by atoms with Crippen LogP contribution >= 0.6 is 12.4 Å². The van der Waals surface area contributed by atoms with Crippen LogP contribution in [0.25, 0.3) is 0 Å². The van der Waals surface area contributed by atoms with Crippen LogP contribution in [0.15, 0.2) is 0 Å². The standard InChI is InChI=1S/C15H27N3O2.ClH/c1-3-9(2)18-12(19)6-7-17-15(20)13-10-4-5-11(8-10)14(13)16;/h9-11,13-14H,3-8,16H2,1-2H3,(H,17,20)(H,18,19);1H. The van der Waals surface area contributed by atoms with Gasteiger partial charge in [0.25, 0.3) is 0 Å². The van der Waals surface area contributed by atoms with Crippen LogP contribution in [-0.4, -0.2) is 30.4 Å². The van der Waals surface area contributed by atoms with Gasteiger partial charge in [-0.05, 0) is 44.4 Å². The van der Waals surface area contributed by atoms with Crippen LogP contribution in [0.2, 0.25) is 0 Å². The van der Waals surface area contributed by atoms with Gasteiger partial charge in [-0.1, -0.05) is 6.92 Å². The van der Waals surface area contributed by atoms with Crippen LogP contribution in [0, 0.1) is 17.8 Å². The largest absolute Gasteiger partial charge is 0.355 e. The van der Waals surface area contributed by atoms with Crippen molar-refractivity contribution in [2.75, 3.05) is 6.54 Å². The van der Waals surface area contributed by atoms with Gasteiger partial charge in [-0.25, -0.2) is 0 Å². The van der Waals surface area contributed by atoms with E-state index in [1.54, 1.807) is 0 Å². The minimum absolute atomic E-state index is 0. The van der Waals surface area contributed by atoms with E-state index in [1.165, 1.54) is 6.42 Å². The third-order valence-electron chi connectivity index (χ3n) is 4.95. The van der Waals surface area contributed by atoms with Crippen molar-refractivity contribution in [2.45, 2.75) is 58.0 Å². The van der Waals surface area contributed by atoms with Gasteiger partial charge in [-0.3, -0.25) is 9.59 Å². The van der Waals surface area contributed by atoms with Gasteiger partial charge in [0, 0.05) is 25.0 Å². The number of halogens is 1. The lowest BCUT2D eigenvalue weighted by molar-refractivity contribution is -0.127. The molecule has 2 saturated carbocycles. The molecule has 2 rings (SSSR count). The zero-order valence-electron chi connectivity index (χ0n) is 12.9. The first kappa shape index (κ1) is 18.2. The van der Waals surface area contributed by atoms with Gasteiger partial charge < -0.3 is 16.4 Å². The molecule has 5 atom stereocenters. The predicted octanol–water partition coefficient (Wildman–Crippen LogP) is 1.20. The lowest BCUT2D eigenvalue weighted by atomic mass is 9.84. The van der Waals surface area contributed by atoms with E-state index < -0.39 is 0 Å². The number of nitrogens with one attached hydrogen (secondary N) is 2. The molecule has 0 radical (unpaired) electrons. The Morgan fingerprint density at radius 1 is 1.29 bits per heavy atom. The van der Waals surface area contributed by atoms with E-state index >= 15 is 0 Å². The highest BCUT2D eigenvalue weighted by molar-refractivity contribution is 5.85. The second-order valence-corrected chi connectivity index (χ2v) is 6.35. The minimum atomic E-state index is -0.0358. The van der Waals surface area contributed by atoms with Gasteiger partial charge in [0.2, 0.25) is 11.8 Å². The third-order valence-corrected chi connectivity index (χ3v) is 4.95. The Hall–Kier alpha value is -0.810. The number of fused-ring (bicyclic) bond motifs is 2. The molecule has 0 aliphatic heterocycles. The fraction of sp³-hybridized carbons (Fsp3) is 0.867. The van der Waals surface area contributed by atoms with Crippen LogP contribution in [0.5, 0.6) is 0 Å². The molecule has 6 heteroatoms. The molecule has 2 bridgehead atoms. The Labute approximate surface area is 133 Å². The topological polar surface area (TPSA) is 84.2 Å². The molecule has 2 amide bonds. The van der Waals surface area contributed by atoms with Crippen LogP contribution in [0.1, 0.15) is 46.0 Å². The summed E-state index contributed by atoms with van der Waals surface area (Å²) >= 11 is 0. The summed E-state index contributed by atoms with van der Waals surface area (Å²) < 4.78 is 0. The van der Waals surface area contributed by atoms with Crippen molar-refractivity contribution in [2.24, 2.45) is 23.5 Å². The van der Waals surface area contributed by atoms with E-state index in [0.29, 0.717) is 24.8 Å². The number of amides is 2. The number of hydrogen-bond donors (Lipinski definition) is 3. The lowest BCUT2D eigenvalue weighted by Gasteiger charge is -2.27. The molecule has 0 aromatic carbocycles. The highest BCUT2D eigenvalue weighted by Crippen LogP contribution is 2.47. The van der Waals surface area contributed by atoms with Gasteiger partial charge >= 0.3 is 0 Å². The zero-order chi connectivity index (χ0) is 14.7. The van der Waals surface area contributed by atoms with Gasteiger partial charge in [0.05, 0.1) is 5.92 Å². The summed E-state index contributed by atoms with van der Waals surface area (Å²) in [6.45, 7) is 4.41. The van der Waals surface area contributed by atoms with Crippen LogP contribution < -0.4 is 16.4 Å². The number of rotatable bonds is 6. The average molecular weight is 318 g/mol. The first-order valence-corrected chi connectivity index (χ1v) is 7.85. The van der Waals surface area contributed by atoms with Gasteiger partial charge in [0.1, 0.15) is 0 Å². The molecule has 0 aromatic heterocycles. The molecule has 0 aromatic rings. The summed E-state index contributed by atoms with van der Waals surface area (Å²) in [7, 11) is 0. The number of carbonyl (C=O) groups is 2. The predicted molar refractivity (Wildman–Crippen MR) is 85.1 cm³/mol. The smallest absolute Gasteiger partial charge is 0.224 e. The molecule has 5 unspecified atom stereocenters. The molecule has 4 N–H and O–H groups in total. The van der Waals surface area contributed by atoms with Gasteiger partial charge in [-0.15, -0.1) is 12.4 Å². The zero-order valence-corrected chi connectivity index (χ0v) is 13.7. The molecule has 122 valence electrons. The minimum Gasteiger partial charge on any atom is -0.355 e. The van der Waals surface area contributed by atoms with E-state index in [9.17, 15) is 9.59 Å². The molecule has 0 heterocycles. The first-order chi connectivity index (χ1) is 9.52. The Morgan fingerprint density at radius 3 is 2.52 bits per heavy atom. The highest BCUT2D eigenvalue weighted by atomic mass is 35.5. The fourth-order valence-electron chi connectivity index (χ4n) is 3.59. The first-order valence-electron chi connectivity index (χ1n) is 7.85. The summed E-state index contributed by atoms with van der Waals surface area (Å²) in [6, 6.07) is 0.208. The normalized spacial score (nSPS) is 31.4. The maximum Gasteiger partial charge on any atom is 0.224 e. The third kappa shape index (κ3) is 4.33. The molecular weight excluding hydrogens is 290 g/mol. The van der Waals surface area contributed by atoms with E-state index in [0.717, 1.165) is 19.3 Å². The molecule has 5 nitrogen and oxygen atoms in total. The van der Waals surface area contributed by atoms with Crippen molar-refractivity contribution < 1.29 is 9.59 Å². The molecule has 2 fully saturated rings. The summed E-state index contributed by atoms with van der Waals surface area (Å²) in [5, 5.41) is 5.78. The summed E-state index contributed by atoms with van der Waals surface area (Å²) in [5.74, 6) is 0.998. The van der Waals surface area contributed by atoms with Crippen LogP contribution in [-0.2, 0) is 9.59 Å². The fourth-order valence-corrected chi connectivity index (χ4v) is 3.59. The van der Waals surface area contributed by atoms with E-state index in [4.69, 9.17) is 5.73 Å². The van der Waals surface area contributed by atoms with Crippen molar-refractivity contribution in [1.29, 1.82) is 0 Å². The van der Waals surface area contributed by atoms with E-state index in [-0.39, 0.29) is 42.2 Å². The second-order valence-electron chi connectivity index (χ2n) is 6.35. The number of nitrogens with two attached hydrogens (primary N) is 1. The molecule has 0 spiro atoms. The van der Waals surface area contributed by atoms with Gasteiger partial charge in [0.15, 0.2) is 0 Å². The Bertz CT molecular complexity index is 376. The molecule has 2 aliphatic rings. The van der Waals surface area contributed by atoms with Crippen molar-refractivity contribution in [1.82, 2.24) is 10.6 Å². The maximum absolute atomic E-state index is 12.2. The average Bonchev–Trinajstić information content (AvgIpc) is 2.98. The quantitative estimate of drug-likeness (QED) is 0.688. The van der Waals surface area contributed by atoms with E-state index in [2.05, 4.69) is 10.6 Å². The van der Waals surface area contributed by atoms with Crippen molar-refractivity contribution in [3.05, 3.63) is 0 Å². The van der Waals surface area contributed by atoms with E-state index in [1.807, 2.05) is 13.8 Å². The van der Waals surface area contributed by atoms with Crippen molar-refractivity contribution in [3.63, 3.8) is 0 Å². The van der Waals surface area contributed by atoms with Crippen molar-refractivity contribution >= 4 is 24.2 Å². The highest BCUT2D eigenvalue weighted by Gasteiger charge is 2.48. The SMILES string of the molecule is CCC(C)NC(=O)CCNC(=O)C1C2CCC(C2)C1N.Cl. The monoisotopic (exact) mass is 317 g/mol. The van der Waals surface area contributed by atoms with Crippen molar-refractivity contribution in [3.8, 4) is 0 Å².